The van der Waals surface area contributed by atoms with Crippen molar-refractivity contribution in [3.63, 3.8) is 0 Å². The second kappa shape index (κ2) is 8.41. The molecular weight excluding hydrogens is 296 g/mol. The molecule has 0 aromatic carbocycles. The van der Waals surface area contributed by atoms with Gasteiger partial charge in [0, 0.05) is 18.3 Å². The molecule has 4 rings (SSSR count). The van der Waals surface area contributed by atoms with Gasteiger partial charge in [0.2, 0.25) is 0 Å². The fraction of sp³-hybridized carbons (Fsp3) is 0.864. The van der Waals surface area contributed by atoms with Crippen LogP contribution in [0.1, 0.15) is 89.9 Å². The smallest absolute Gasteiger partial charge is 0.305 e. The third kappa shape index (κ3) is 4.78. The number of hydrogen-bond acceptors (Lipinski definition) is 2. The lowest BCUT2D eigenvalue weighted by molar-refractivity contribution is -0.140. The Morgan fingerprint density at radius 1 is 0.917 bits per heavy atom. The molecule has 0 heterocycles. The van der Waals surface area contributed by atoms with Gasteiger partial charge in [-0.05, 0) is 69.1 Å². The minimum absolute atomic E-state index is 0.0741. The van der Waals surface area contributed by atoms with Gasteiger partial charge in [-0.3, -0.25) is 4.79 Å². The molecule has 0 aromatic heterocycles. The average Bonchev–Trinajstić information content (AvgIpc) is 2.55. The molecule has 0 atom stereocenters. The molecule has 0 amide bonds. The standard InChI is InChI=1S/C22H34O2/c1-24-21(23)10-8-6-4-2-3-5-7-9-11-22-15-18-12-19(16-22)14-20(13-18)17-22/h18-20H,2-8,10,12-17H2,1H3. The number of carbonyl (C=O) groups excluding carboxylic acids is 1. The molecule has 0 N–H and O–H groups in total. The Labute approximate surface area is 148 Å². The third-order valence-electron chi connectivity index (χ3n) is 6.55. The Morgan fingerprint density at radius 3 is 2.04 bits per heavy atom. The van der Waals surface area contributed by atoms with Crippen LogP contribution in [0.5, 0.6) is 0 Å². The van der Waals surface area contributed by atoms with Gasteiger partial charge in [-0.25, -0.2) is 0 Å². The van der Waals surface area contributed by atoms with Crippen LogP contribution in [0, 0.1) is 35.0 Å². The van der Waals surface area contributed by atoms with E-state index in [1.807, 2.05) is 0 Å². The summed E-state index contributed by atoms with van der Waals surface area (Å²) in [6.07, 6.45) is 17.6. The van der Waals surface area contributed by atoms with E-state index in [2.05, 4.69) is 16.6 Å². The summed E-state index contributed by atoms with van der Waals surface area (Å²) in [5.41, 5.74) is 0.433. The maximum absolute atomic E-state index is 11.0. The maximum atomic E-state index is 11.0. The van der Waals surface area contributed by atoms with Crippen LogP contribution in [0.25, 0.3) is 0 Å². The maximum Gasteiger partial charge on any atom is 0.305 e. The topological polar surface area (TPSA) is 26.3 Å². The molecule has 4 fully saturated rings. The van der Waals surface area contributed by atoms with Gasteiger partial charge in [-0.2, -0.15) is 0 Å². The predicted molar refractivity (Wildman–Crippen MR) is 97.3 cm³/mol. The van der Waals surface area contributed by atoms with Crippen molar-refractivity contribution in [3.05, 3.63) is 0 Å². The monoisotopic (exact) mass is 330 g/mol. The zero-order valence-corrected chi connectivity index (χ0v) is 15.4. The lowest BCUT2D eigenvalue weighted by Crippen LogP contribution is -2.45. The van der Waals surface area contributed by atoms with E-state index in [1.165, 1.54) is 71.3 Å². The SMILES string of the molecule is COC(=O)CCCCCCCCC#CC12CC3CC(CC(C3)C1)C2. The summed E-state index contributed by atoms with van der Waals surface area (Å²) >= 11 is 0. The van der Waals surface area contributed by atoms with Crippen molar-refractivity contribution in [1.29, 1.82) is 0 Å². The van der Waals surface area contributed by atoms with Crippen molar-refractivity contribution in [1.82, 2.24) is 0 Å². The van der Waals surface area contributed by atoms with Crippen LogP contribution in [-0.4, -0.2) is 13.1 Å². The van der Waals surface area contributed by atoms with Gasteiger partial charge in [0.15, 0.2) is 0 Å². The van der Waals surface area contributed by atoms with Gasteiger partial charge < -0.3 is 4.74 Å². The van der Waals surface area contributed by atoms with E-state index in [-0.39, 0.29) is 5.97 Å². The van der Waals surface area contributed by atoms with Gasteiger partial charge in [0.1, 0.15) is 0 Å². The highest BCUT2D eigenvalue weighted by molar-refractivity contribution is 5.68. The Kier molecular flexibility index (Phi) is 6.25. The second-order valence-electron chi connectivity index (χ2n) is 8.70. The fourth-order valence-corrected chi connectivity index (χ4v) is 5.81. The second-order valence-corrected chi connectivity index (χ2v) is 8.70. The Bertz CT molecular complexity index is 447. The molecule has 24 heavy (non-hydrogen) atoms. The summed E-state index contributed by atoms with van der Waals surface area (Å²) in [6, 6.07) is 0. The molecule has 4 bridgehead atoms. The minimum Gasteiger partial charge on any atom is -0.469 e. The van der Waals surface area contributed by atoms with Gasteiger partial charge in [0.25, 0.3) is 0 Å². The highest BCUT2D eigenvalue weighted by Gasteiger charge is 2.50. The number of unbranched alkanes of at least 4 members (excludes halogenated alkanes) is 6. The predicted octanol–water partition coefficient (Wildman–Crippen LogP) is 5.50. The van der Waals surface area contributed by atoms with E-state index in [1.54, 1.807) is 0 Å². The van der Waals surface area contributed by atoms with Crippen LogP contribution in [0.4, 0.5) is 0 Å². The van der Waals surface area contributed by atoms with Gasteiger partial charge in [-0.15, -0.1) is 5.92 Å². The van der Waals surface area contributed by atoms with Gasteiger partial charge >= 0.3 is 5.97 Å². The van der Waals surface area contributed by atoms with E-state index in [0.29, 0.717) is 11.8 Å². The first-order valence-corrected chi connectivity index (χ1v) is 10.3. The van der Waals surface area contributed by atoms with Crippen LogP contribution in [0.2, 0.25) is 0 Å². The lowest BCUT2D eigenvalue weighted by atomic mass is 9.50. The molecule has 2 heteroatoms. The molecule has 4 aliphatic carbocycles. The van der Waals surface area contributed by atoms with Crippen molar-refractivity contribution >= 4 is 5.97 Å². The van der Waals surface area contributed by atoms with Crippen LogP contribution in [-0.2, 0) is 9.53 Å². The summed E-state index contributed by atoms with van der Waals surface area (Å²) in [5, 5.41) is 0. The van der Waals surface area contributed by atoms with Crippen LogP contribution in [0.15, 0.2) is 0 Å². The normalized spacial score (nSPS) is 33.1. The largest absolute Gasteiger partial charge is 0.469 e. The molecule has 0 spiro atoms. The number of ether oxygens (including phenoxy) is 1. The van der Waals surface area contributed by atoms with E-state index in [4.69, 9.17) is 0 Å². The molecule has 0 aliphatic heterocycles. The average molecular weight is 331 g/mol. The Balaban J connectivity index is 1.26. The summed E-state index contributed by atoms with van der Waals surface area (Å²) in [5.74, 6) is 10.3. The minimum atomic E-state index is -0.0741. The van der Waals surface area contributed by atoms with Crippen molar-refractivity contribution in [2.75, 3.05) is 7.11 Å². The van der Waals surface area contributed by atoms with E-state index in [0.717, 1.165) is 37.0 Å². The number of rotatable bonds is 8. The molecule has 4 saturated carbocycles. The summed E-state index contributed by atoms with van der Waals surface area (Å²) in [4.78, 5) is 11.0. The van der Waals surface area contributed by atoms with E-state index >= 15 is 0 Å². The molecule has 0 unspecified atom stereocenters. The van der Waals surface area contributed by atoms with Crippen molar-refractivity contribution < 1.29 is 9.53 Å². The molecular formula is C22H34O2. The summed E-state index contributed by atoms with van der Waals surface area (Å²) < 4.78 is 4.66. The quantitative estimate of drug-likeness (QED) is 0.334. The molecule has 2 nitrogen and oxygen atoms in total. The first-order valence-electron chi connectivity index (χ1n) is 10.3. The van der Waals surface area contributed by atoms with Crippen LogP contribution in [0.3, 0.4) is 0 Å². The number of esters is 1. The Hall–Kier alpha value is -0.970. The van der Waals surface area contributed by atoms with E-state index in [9.17, 15) is 4.79 Å². The molecule has 0 aromatic rings. The highest BCUT2D eigenvalue weighted by Crippen LogP contribution is 2.59. The summed E-state index contributed by atoms with van der Waals surface area (Å²) in [7, 11) is 1.47. The molecule has 0 saturated heterocycles. The number of carbonyl (C=O) groups is 1. The number of hydrogen-bond donors (Lipinski definition) is 0. The molecule has 134 valence electrons. The molecule has 4 aliphatic rings. The number of methoxy groups -OCH3 is 1. The van der Waals surface area contributed by atoms with Crippen LogP contribution < -0.4 is 0 Å². The first-order chi connectivity index (χ1) is 11.7. The Morgan fingerprint density at radius 2 is 1.46 bits per heavy atom. The zero-order chi connectivity index (χ0) is 16.8. The zero-order valence-electron chi connectivity index (χ0n) is 15.4. The first kappa shape index (κ1) is 17.8. The van der Waals surface area contributed by atoms with Gasteiger partial charge in [-0.1, -0.05) is 31.6 Å². The van der Waals surface area contributed by atoms with E-state index < -0.39 is 0 Å². The fourth-order valence-electron chi connectivity index (χ4n) is 5.81. The van der Waals surface area contributed by atoms with Crippen LogP contribution >= 0.6 is 0 Å². The highest BCUT2D eigenvalue weighted by atomic mass is 16.5. The van der Waals surface area contributed by atoms with Crippen molar-refractivity contribution in [2.24, 2.45) is 23.2 Å². The third-order valence-corrected chi connectivity index (χ3v) is 6.55. The molecule has 0 radical (unpaired) electrons. The van der Waals surface area contributed by atoms with Crippen molar-refractivity contribution in [3.8, 4) is 11.8 Å². The van der Waals surface area contributed by atoms with Gasteiger partial charge in [0.05, 0.1) is 7.11 Å². The summed E-state index contributed by atoms with van der Waals surface area (Å²) in [6.45, 7) is 0. The van der Waals surface area contributed by atoms with Crippen molar-refractivity contribution in [2.45, 2.75) is 89.9 Å². The lowest BCUT2D eigenvalue weighted by Gasteiger charge is -2.54.